The predicted octanol–water partition coefficient (Wildman–Crippen LogP) is 3.51. The van der Waals surface area contributed by atoms with E-state index in [2.05, 4.69) is 10.2 Å². The standard InChI is InChI=1S/C27H38N4O3/c1-17-19(3)26(20(4)18(2)25(17)28)34-21(5)27(33)29-22-12-14-31(15-13-22)16-24(32)30(6)23-10-8-7-9-11-23/h7-11,21-22H,12-16,28H2,1-6H3,(H,29,33). The minimum atomic E-state index is -0.612. The highest BCUT2D eigenvalue weighted by molar-refractivity contribution is 5.94. The lowest BCUT2D eigenvalue weighted by Gasteiger charge is -2.33. The molecule has 2 aromatic rings. The predicted molar refractivity (Wildman–Crippen MR) is 137 cm³/mol. The molecule has 1 aliphatic heterocycles. The van der Waals surface area contributed by atoms with Gasteiger partial charge in [-0.15, -0.1) is 0 Å². The van der Waals surface area contributed by atoms with E-state index in [0.29, 0.717) is 6.54 Å². The van der Waals surface area contributed by atoms with Crippen molar-refractivity contribution in [2.24, 2.45) is 0 Å². The molecular formula is C27H38N4O3. The van der Waals surface area contributed by atoms with Crippen molar-refractivity contribution in [1.29, 1.82) is 0 Å². The molecule has 7 heteroatoms. The maximum absolute atomic E-state index is 12.8. The number of likely N-dealkylation sites (tertiary alicyclic amines) is 1. The van der Waals surface area contributed by atoms with Gasteiger partial charge in [0.25, 0.3) is 5.91 Å². The zero-order valence-corrected chi connectivity index (χ0v) is 21.3. The van der Waals surface area contributed by atoms with Gasteiger partial charge in [-0.25, -0.2) is 0 Å². The molecule has 1 heterocycles. The highest BCUT2D eigenvalue weighted by atomic mass is 16.5. The lowest BCUT2D eigenvalue weighted by molar-refractivity contribution is -0.128. The average Bonchev–Trinajstić information content (AvgIpc) is 2.85. The van der Waals surface area contributed by atoms with Crippen molar-refractivity contribution in [1.82, 2.24) is 10.2 Å². The third-order valence-electron chi connectivity index (χ3n) is 7.09. The number of likely N-dealkylation sites (N-methyl/N-ethyl adjacent to an activating group) is 1. The zero-order chi connectivity index (χ0) is 25.0. The van der Waals surface area contributed by atoms with Crippen molar-refractivity contribution in [2.75, 3.05) is 37.3 Å². The Kier molecular flexibility index (Phi) is 8.20. The molecule has 3 rings (SSSR count). The number of amides is 2. The van der Waals surface area contributed by atoms with Crippen molar-refractivity contribution in [3.05, 3.63) is 52.6 Å². The molecule has 1 saturated heterocycles. The summed E-state index contributed by atoms with van der Waals surface area (Å²) in [4.78, 5) is 29.3. The quantitative estimate of drug-likeness (QED) is 0.610. The van der Waals surface area contributed by atoms with Crippen molar-refractivity contribution >= 4 is 23.2 Å². The summed E-state index contributed by atoms with van der Waals surface area (Å²) < 4.78 is 6.11. The van der Waals surface area contributed by atoms with Gasteiger partial charge in [0.2, 0.25) is 5.91 Å². The fraction of sp³-hybridized carbons (Fsp3) is 0.481. The number of nitrogens with one attached hydrogen (secondary N) is 1. The van der Waals surface area contributed by atoms with Gasteiger partial charge in [0.05, 0.1) is 6.54 Å². The second kappa shape index (κ2) is 10.9. The van der Waals surface area contributed by atoms with Crippen molar-refractivity contribution in [2.45, 2.75) is 59.6 Å². The van der Waals surface area contributed by atoms with Crippen LogP contribution in [0.15, 0.2) is 30.3 Å². The number of carbonyl (C=O) groups is 2. The number of piperidine rings is 1. The molecule has 1 fully saturated rings. The Morgan fingerprint density at radius 2 is 1.62 bits per heavy atom. The van der Waals surface area contributed by atoms with E-state index in [1.54, 1.807) is 18.9 Å². The van der Waals surface area contributed by atoms with E-state index in [9.17, 15) is 9.59 Å². The topological polar surface area (TPSA) is 87.9 Å². The summed E-state index contributed by atoms with van der Waals surface area (Å²) in [5.41, 5.74) is 11.8. The van der Waals surface area contributed by atoms with E-state index < -0.39 is 6.10 Å². The summed E-state index contributed by atoms with van der Waals surface area (Å²) in [5, 5.41) is 3.13. The third kappa shape index (κ3) is 5.70. The molecule has 184 valence electrons. The number of nitrogens with zero attached hydrogens (tertiary/aromatic N) is 2. The van der Waals surface area contributed by atoms with Gasteiger partial charge in [0.15, 0.2) is 6.10 Å². The van der Waals surface area contributed by atoms with Gasteiger partial charge < -0.3 is 20.7 Å². The Bertz CT molecular complexity index is 1000. The Hall–Kier alpha value is -3.06. The van der Waals surface area contributed by atoms with Crippen LogP contribution < -0.4 is 20.7 Å². The molecule has 3 N–H and O–H groups in total. The van der Waals surface area contributed by atoms with Crippen LogP contribution >= 0.6 is 0 Å². The number of hydrogen-bond donors (Lipinski definition) is 2. The van der Waals surface area contributed by atoms with Crippen LogP contribution in [0.2, 0.25) is 0 Å². The summed E-state index contributed by atoms with van der Waals surface area (Å²) in [7, 11) is 1.81. The van der Waals surface area contributed by atoms with Gasteiger partial charge in [-0.3, -0.25) is 14.5 Å². The fourth-order valence-electron chi connectivity index (χ4n) is 4.36. The van der Waals surface area contributed by atoms with Crippen LogP contribution in [0.3, 0.4) is 0 Å². The molecule has 2 amide bonds. The van der Waals surface area contributed by atoms with Crippen LogP contribution in [0.1, 0.15) is 42.0 Å². The molecule has 0 aliphatic carbocycles. The number of anilines is 2. The molecule has 0 spiro atoms. The summed E-state index contributed by atoms with van der Waals surface area (Å²) in [5.74, 6) is 0.683. The number of ether oxygens (including phenoxy) is 1. The van der Waals surface area contributed by atoms with Gasteiger partial charge in [-0.05, 0) is 81.8 Å². The summed E-state index contributed by atoms with van der Waals surface area (Å²) in [6.07, 6.45) is 0.997. The first-order valence-electron chi connectivity index (χ1n) is 12.0. The highest BCUT2D eigenvalue weighted by Gasteiger charge is 2.26. The second-order valence-corrected chi connectivity index (χ2v) is 9.35. The van der Waals surface area contributed by atoms with E-state index in [1.165, 1.54) is 0 Å². The van der Waals surface area contributed by atoms with E-state index >= 15 is 0 Å². The monoisotopic (exact) mass is 466 g/mol. The maximum Gasteiger partial charge on any atom is 0.260 e. The summed E-state index contributed by atoms with van der Waals surface area (Å²) in [6.45, 7) is 11.6. The number of nitrogens with two attached hydrogens (primary N) is 1. The lowest BCUT2D eigenvalue weighted by Crippen LogP contribution is -2.49. The van der Waals surface area contributed by atoms with Gasteiger partial charge in [-0.2, -0.15) is 0 Å². The van der Waals surface area contributed by atoms with E-state index in [1.807, 2.05) is 58.0 Å². The lowest BCUT2D eigenvalue weighted by atomic mass is 9.97. The maximum atomic E-state index is 12.8. The first-order chi connectivity index (χ1) is 16.1. The average molecular weight is 467 g/mol. The third-order valence-corrected chi connectivity index (χ3v) is 7.09. The minimum Gasteiger partial charge on any atom is -0.480 e. The Morgan fingerprint density at radius 3 is 2.18 bits per heavy atom. The van der Waals surface area contributed by atoms with E-state index in [0.717, 1.165) is 65.3 Å². The number of carbonyl (C=O) groups excluding carboxylic acids is 2. The first kappa shape index (κ1) is 25.6. The SMILES string of the molecule is Cc1c(C)c(OC(C)C(=O)NC2CCN(CC(=O)N(C)c3ccccc3)CC2)c(C)c(C)c1N. The molecule has 1 atom stereocenters. The van der Waals surface area contributed by atoms with Crippen molar-refractivity contribution < 1.29 is 14.3 Å². The molecule has 34 heavy (non-hydrogen) atoms. The Labute approximate surface area is 203 Å². The number of para-hydroxylation sites is 1. The molecule has 1 unspecified atom stereocenters. The van der Waals surface area contributed by atoms with Crippen LogP contribution in [0, 0.1) is 27.7 Å². The molecule has 0 bridgehead atoms. The van der Waals surface area contributed by atoms with Crippen LogP contribution in [-0.4, -0.2) is 55.5 Å². The van der Waals surface area contributed by atoms with Crippen LogP contribution in [0.4, 0.5) is 11.4 Å². The largest absolute Gasteiger partial charge is 0.480 e. The second-order valence-electron chi connectivity index (χ2n) is 9.35. The van der Waals surface area contributed by atoms with E-state index in [4.69, 9.17) is 10.5 Å². The fourth-order valence-corrected chi connectivity index (χ4v) is 4.36. The number of benzene rings is 2. The normalized spacial score (nSPS) is 15.6. The zero-order valence-electron chi connectivity index (χ0n) is 21.3. The Balaban J connectivity index is 1.50. The molecule has 7 nitrogen and oxygen atoms in total. The molecule has 2 aromatic carbocycles. The minimum absolute atomic E-state index is 0.0653. The van der Waals surface area contributed by atoms with Crippen LogP contribution in [0.25, 0.3) is 0 Å². The van der Waals surface area contributed by atoms with Gasteiger partial charge >= 0.3 is 0 Å². The number of rotatable bonds is 7. The summed E-state index contributed by atoms with van der Waals surface area (Å²) in [6, 6.07) is 9.73. The van der Waals surface area contributed by atoms with Crippen molar-refractivity contribution in [3.8, 4) is 5.75 Å². The van der Waals surface area contributed by atoms with Crippen molar-refractivity contribution in [3.63, 3.8) is 0 Å². The molecular weight excluding hydrogens is 428 g/mol. The van der Waals surface area contributed by atoms with Gasteiger partial charge in [-0.1, -0.05) is 18.2 Å². The Morgan fingerprint density at radius 1 is 1.06 bits per heavy atom. The smallest absolute Gasteiger partial charge is 0.260 e. The molecule has 1 aliphatic rings. The molecule has 0 saturated carbocycles. The number of hydrogen-bond acceptors (Lipinski definition) is 5. The first-order valence-corrected chi connectivity index (χ1v) is 12.0. The highest BCUT2D eigenvalue weighted by Crippen LogP contribution is 2.34. The number of nitrogen functional groups attached to an aromatic ring is 1. The van der Waals surface area contributed by atoms with Crippen LogP contribution in [-0.2, 0) is 9.59 Å². The summed E-state index contributed by atoms with van der Waals surface area (Å²) >= 11 is 0. The molecule has 0 radical (unpaired) electrons. The van der Waals surface area contributed by atoms with Gasteiger partial charge in [0, 0.05) is 37.6 Å². The van der Waals surface area contributed by atoms with E-state index in [-0.39, 0.29) is 17.9 Å². The van der Waals surface area contributed by atoms with Crippen LogP contribution in [0.5, 0.6) is 5.75 Å². The van der Waals surface area contributed by atoms with Gasteiger partial charge in [0.1, 0.15) is 5.75 Å². The molecule has 0 aromatic heterocycles.